The molecular formula is C12H11Br. The number of benzene rings is 2. The van der Waals surface area contributed by atoms with Gasteiger partial charge in [-0.1, -0.05) is 34.1 Å². The zero-order chi connectivity index (χ0) is 9.42. The van der Waals surface area contributed by atoms with E-state index in [4.69, 9.17) is 0 Å². The number of hydrogen-bond donors (Lipinski definition) is 0. The Kier molecular flexibility index (Phi) is 2.12. The van der Waals surface area contributed by atoms with E-state index in [1.807, 2.05) is 0 Å². The molecule has 0 aliphatic heterocycles. The van der Waals surface area contributed by atoms with Crippen molar-refractivity contribution in [1.29, 1.82) is 0 Å². The van der Waals surface area contributed by atoms with E-state index in [1.165, 1.54) is 21.9 Å². The third-order valence-electron chi connectivity index (χ3n) is 2.35. The van der Waals surface area contributed by atoms with Crippen LogP contribution in [0.4, 0.5) is 0 Å². The van der Waals surface area contributed by atoms with Crippen molar-refractivity contribution in [1.82, 2.24) is 0 Å². The van der Waals surface area contributed by atoms with Gasteiger partial charge in [0.25, 0.3) is 0 Å². The van der Waals surface area contributed by atoms with Crippen LogP contribution in [0.3, 0.4) is 0 Å². The van der Waals surface area contributed by atoms with Crippen LogP contribution in [0.25, 0.3) is 10.8 Å². The second-order valence-corrected chi connectivity index (χ2v) is 4.31. The van der Waals surface area contributed by atoms with Crippen LogP contribution in [0.15, 0.2) is 34.8 Å². The second kappa shape index (κ2) is 3.15. The van der Waals surface area contributed by atoms with Crippen molar-refractivity contribution >= 4 is 26.7 Å². The molecule has 0 fully saturated rings. The molecule has 0 atom stereocenters. The van der Waals surface area contributed by atoms with Crippen molar-refractivity contribution in [3.05, 3.63) is 45.9 Å². The number of aryl methyl sites for hydroxylation is 2. The Labute approximate surface area is 86.7 Å². The number of rotatable bonds is 0. The lowest BCUT2D eigenvalue weighted by Crippen LogP contribution is -1.82. The van der Waals surface area contributed by atoms with Gasteiger partial charge in [-0.25, -0.2) is 0 Å². The zero-order valence-electron chi connectivity index (χ0n) is 7.76. The third-order valence-corrected chi connectivity index (χ3v) is 2.80. The number of hydrogen-bond acceptors (Lipinski definition) is 0. The summed E-state index contributed by atoms with van der Waals surface area (Å²) in [6, 6.07) is 10.7. The predicted molar refractivity (Wildman–Crippen MR) is 61.1 cm³/mol. The van der Waals surface area contributed by atoms with E-state index in [0.29, 0.717) is 0 Å². The summed E-state index contributed by atoms with van der Waals surface area (Å²) < 4.78 is 1.16. The van der Waals surface area contributed by atoms with Gasteiger partial charge in [-0.2, -0.15) is 0 Å². The maximum absolute atomic E-state index is 3.51. The molecule has 1 heteroatoms. The first kappa shape index (κ1) is 8.76. The van der Waals surface area contributed by atoms with Gasteiger partial charge in [-0.3, -0.25) is 0 Å². The topological polar surface area (TPSA) is 0 Å². The first-order valence-corrected chi connectivity index (χ1v) is 5.13. The average Bonchev–Trinajstić information content (AvgIpc) is 2.02. The molecule has 0 spiro atoms. The van der Waals surface area contributed by atoms with Crippen LogP contribution in [0.1, 0.15) is 11.1 Å². The normalized spacial score (nSPS) is 10.7. The summed E-state index contributed by atoms with van der Waals surface area (Å²) in [5.41, 5.74) is 2.69. The van der Waals surface area contributed by atoms with E-state index in [0.717, 1.165) is 4.47 Å². The lowest BCUT2D eigenvalue weighted by molar-refractivity contribution is 1.45. The second-order valence-electron chi connectivity index (χ2n) is 3.40. The van der Waals surface area contributed by atoms with Crippen molar-refractivity contribution in [3.63, 3.8) is 0 Å². The van der Waals surface area contributed by atoms with Gasteiger partial charge < -0.3 is 0 Å². The maximum atomic E-state index is 3.51. The van der Waals surface area contributed by atoms with Crippen LogP contribution in [-0.2, 0) is 0 Å². The molecule has 0 unspecified atom stereocenters. The Hall–Kier alpha value is -0.820. The van der Waals surface area contributed by atoms with Gasteiger partial charge in [0.05, 0.1) is 0 Å². The van der Waals surface area contributed by atoms with Gasteiger partial charge in [-0.05, 0) is 47.9 Å². The van der Waals surface area contributed by atoms with Crippen LogP contribution in [0.5, 0.6) is 0 Å². The maximum Gasteiger partial charge on any atom is 0.0184 e. The summed E-state index contributed by atoms with van der Waals surface area (Å²) in [7, 11) is 0. The summed E-state index contributed by atoms with van der Waals surface area (Å²) in [6.07, 6.45) is 0. The Morgan fingerprint density at radius 2 is 1.77 bits per heavy atom. The molecule has 0 radical (unpaired) electrons. The smallest absolute Gasteiger partial charge is 0.0184 e. The number of halogens is 1. The minimum atomic E-state index is 1.16. The predicted octanol–water partition coefficient (Wildman–Crippen LogP) is 4.22. The van der Waals surface area contributed by atoms with Crippen LogP contribution in [0.2, 0.25) is 0 Å². The minimum Gasteiger partial charge on any atom is -0.0614 e. The molecule has 0 saturated carbocycles. The molecule has 0 saturated heterocycles. The monoisotopic (exact) mass is 234 g/mol. The highest BCUT2D eigenvalue weighted by molar-refractivity contribution is 9.10. The minimum absolute atomic E-state index is 1.16. The summed E-state index contributed by atoms with van der Waals surface area (Å²) in [6.45, 7) is 4.31. The Morgan fingerprint density at radius 1 is 1.00 bits per heavy atom. The zero-order valence-corrected chi connectivity index (χ0v) is 9.35. The molecule has 0 aliphatic carbocycles. The van der Waals surface area contributed by atoms with E-state index < -0.39 is 0 Å². The van der Waals surface area contributed by atoms with Gasteiger partial charge >= 0.3 is 0 Å². The SMILES string of the molecule is Cc1cccc2cc(Br)cc(C)c12. The molecule has 2 aromatic rings. The molecule has 0 nitrogen and oxygen atoms in total. The van der Waals surface area contributed by atoms with Crippen molar-refractivity contribution < 1.29 is 0 Å². The van der Waals surface area contributed by atoms with Crippen molar-refractivity contribution in [2.45, 2.75) is 13.8 Å². The van der Waals surface area contributed by atoms with Crippen LogP contribution >= 0.6 is 15.9 Å². The fraction of sp³-hybridized carbons (Fsp3) is 0.167. The Morgan fingerprint density at radius 3 is 2.54 bits per heavy atom. The highest BCUT2D eigenvalue weighted by atomic mass is 79.9. The lowest BCUT2D eigenvalue weighted by atomic mass is 10.0. The highest BCUT2D eigenvalue weighted by Gasteiger charge is 2.00. The fourth-order valence-corrected chi connectivity index (χ4v) is 2.41. The summed E-state index contributed by atoms with van der Waals surface area (Å²) >= 11 is 3.51. The summed E-state index contributed by atoms with van der Waals surface area (Å²) in [4.78, 5) is 0. The standard InChI is InChI=1S/C12H11Br/c1-8-4-3-5-10-7-11(13)6-9(2)12(8)10/h3-7H,1-2H3. The van der Waals surface area contributed by atoms with E-state index in [1.54, 1.807) is 0 Å². The third kappa shape index (κ3) is 1.49. The van der Waals surface area contributed by atoms with Crippen LogP contribution in [0, 0.1) is 13.8 Å². The summed E-state index contributed by atoms with van der Waals surface area (Å²) in [5, 5.41) is 2.69. The number of fused-ring (bicyclic) bond motifs is 1. The van der Waals surface area contributed by atoms with E-state index in [-0.39, 0.29) is 0 Å². The van der Waals surface area contributed by atoms with Gasteiger partial charge in [0.1, 0.15) is 0 Å². The molecule has 2 rings (SSSR count). The van der Waals surface area contributed by atoms with Crippen molar-refractivity contribution in [2.24, 2.45) is 0 Å². The molecule has 0 N–H and O–H groups in total. The molecule has 66 valence electrons. The molecule has 0 heterocycles. The molecule has 0 bridgehead atoms. The van der Waals surface area contributed by atoms with Crippen molar-refractivity contribution in [2.75, 3.05) is 0 Å². The van der Waals surface area contributed by atoms with E-state index >= 15 is 0 Å². The Bertz CT molecular complexity index is 458. The quantitative estimate of drug-likeness (QED) is 0.641. The largest absolute Gasteiger partial charge is 0.0614 e. The van der Waals surface area contributed by atoms with Gasteiger partial charge in [-0.15, -0.1) is 0 Å². The van der Waals surface area contributed by atoms with E-state index in [9.17, 15) is 0 Å². The van der Waals surface area contributed by atoms with Gasteiger partial charge in [0.15, 0.2) is 0 Å². The van der Waals surface area contributed by atoms with Crippen LogP contribution < -0.4 is 0 Å². The highest BCUT2D eigenvalue weighted by Crippen LogP contribution is 2.26. The van der Waals surface area contributed by atoms with Crippen molar-refractivity contribution in [3.8, 4) is 0 Å². The molecule has 13 heavy (non-hydrogen) atoms. The first-order chi connectivity index (χ1) is 6.18. The first-order valence-electron chi connectivity index (χ1n) is 4.34. The molecule has 0 amide bonds. The fourth-order valence-electron chi connectivity index (χ4n) is 1.82. The molecule has 2 aromatic carbocycles. The van der Waals surface area contributed by atoms with E-state index in [2.05, 4.69) is 60.1 Å². The van der Waals surface area contributed by atoms with Gasteiger partial charge in [0, 0.05) is 4.47 Å². The van der Waals surface area contributed by atoms with Crippen LogP contribution in [-0.4, -0.2) is 0 Å². The summed E-state index contributed by atoms with van der Waals surface area (Å²) in [5.74, 6) is 0. The molecule has 0 aromatic heterocycles. The van der Waals surface area contributed by atoms with Gasteiger partial charge in [0.2, 0.25) is 0 Å². The lowest BCUT2D eigenvalue weighted by Gasteiger charge is -2.06. The average molecular weight is 235 g/mol. The molecular weight excluding hydrogens is 224 g/mol. The molecule has 0 aliphatic rings. The Balaban J connectivity index is 2.94.